The fraction of sp³-hybridized carbons (Fsp3) is 0.167. The highest BCUT2D eigenvalue weighted by molar-refractivity contribution is 9.10. The summed E-state index contributed by atoms with van der Waals surface area (Å²) in [5.74, 6) is 0.276. The Bertz CT molecular complexity index is 950. The molecule has 5 nitrogen and oxygen atoms in total. The lowest BCUT2D eigenvalue weighted by atomic mass is 10.1. The van der Waals surface area contributed by atoms with E-state index in [2.05, 4.69) is 31.9 Å². The van der Waals surface area contributed by atoms with E-state index in [1.165, 1.54) is 0 Å². The Morgan fingerprint density at radius 3 is 2.44 bits per heavy atom. The molecule has 0 aliphatic heterocycles. The van der Waals surface area contributed by atoms with E-state index in [4.69, 9.17) is 14.3 Å². The molecule has 1 aromatic heterocycles. The van der Waals surface area contributed by atoms with Crippen molar-refractivity contribution in [3.63, 3.8) is 0 Å². The number of hydrogen-bond donors (Lipinski definition) is 2. The first-order valence-electron chi connectivity index (χ1n) is 7.43. The van der Waals surface area contributed by atoms with Crippen molar-refractivity contribution in [3.05, 3.63) is 61.6 Å². The molecule has 7 heteroatoms. The Labute approximate surface area is 160 Å². The highest BCUT2D eigenvalue weighted by Gasteiger charge is 2.19. The molecule has 0 radical (unpaired) electrons. The Kier molecular flexibility index (Phi) is 5.58. The fourth-order valence-electron chi connectivity index (χ4n) is 2.30. The molecule has 0 bridgehead atoms. The van der Waals surface area contributed by atoms with Gasteiger partial charge in [0.15, 0.2) is 5.76 Å². The van der Waals surface area contributed by atoms with Crippen LogP contribution in [0.15, 0.2) is 60.6 Å². The van der Waals surface area contributed by atoms with Gasteiger partial charge in [0.25, 0.3) is 0 Å². The first kappa shape index (κ1) is 18.1. The average Bonchev–Trinajstić information content (AvgIpc) is 2.61. The summed E-state index contributed by atoms with van der Waals surface area (Å²) in [5, 5.41) is 18.9. The highest BCUT2D eigenvalue weighted by Crippen LogP contribution is 2.32. The summed E-state index contributed by atoms with van der Waals surface area (Å²) in [4.78, 5) is 12.9. The Hall–Kier alpha value is -1.67. The van der Waals surface area contributed by atoms with Crippen LogP contribution in [0.25, 0.3) is 22.3 Å². The largest absolute Gasteiger partial charge is 0.483 e. The molecule has 1 heterocycles. The first-order chi connectivity index (χ1) is 12.0. The Balaban J connectivity index is 2.20. The minimum Gasteiger partial charge on any atom is -0.483 e. The maximum absolute atomic E-state index is 12.9. The number of rotatable bonds is 5. The molecule has 0 aliphatic rings. The van der Waals surface area contributed by atoms with Crippen LogP contribution in [-0.4, -0.2) is 29.5 Å². The van der Waals surface area contributed by atoms with E-state index in [1.54, 1.807) is 30.3 Å². The van der Waals surface area contributed by atoms with Crippen molar-refractivity contribution < 1.29 is 19.4 Å². The standard InChI is InChI=1S/C18H14Br2O5/c19-11-3-1-10(2-4-11)17-18(24-9-13(22)8-21)16(23)14-7-12(20)5-6-15(14)25-17/h1-7,13,21-22H,8-9H2. The lowest BCUT2D eigenvalue weighted by molar-refractivity contribution is 0.0530. The van der Waals surface area contributed by atoms with Crippen LogP contribution < -0.4 is 10.2 Å². The smallest absolute Gasteiger partial charge is 0.235 e. The van der Waals surface area contributed by atoms with Gasteiger partial charge in [-0.05, 0) is 42.5 Å². The maximum atomic E-state index is 12.9. The second-order valence-corrected chi connectivity index (χ2v) is 7.22. The summed E-state index contributed by atoms with van der Waals surface area (Å²) < 4.78 is 13.1. The maximum Gasteiger partial charge on any atom is 0.235 e. The van der Waals surface area contributed by atoms with Crippen LogP contribution in [-0.2, 0) is 0 Å². The van der Waals surface area contributed by atoms with Gasteiger partial charge in [-0.25, -0.2) is 0 Å². The molecule has 0 aliphatic carbocycles. The second-order valence-electron chi connectivity index (χ2n) is 5.38. The van der Waals surface area contributed by atoms with Crippen LogP contribution in [0.4, 0.5) is 0 Å². The van der Waals surface area contributed by atoms with Crippen LogP contribution in [0.3, 0.4) is 0 Å². The molecule has 2 N–H and O–H groups in total. The van der Waals surface area contributed by atoms with Crippen molar-refractivity contribution >= 4 is 42.8 Å². The molecule has 1 unspecified atom stereocenters. The van der Waals surface area contributed by atoms with Gasteiger partial charge < -0.3 is 19.4 Å². The summed E-state index contributed by atoms with van der Waals surface area (Å²) in [6, 6.07) is 12.4. The molecule has 0 saturated carbocycles. The van der Waals surface area contributed by atoms with Crippen LogP contribution in [0.5, 0.6) is 5.75 Å². The number of aliphatic hydroxyl groups excluding tert-OH is 2. The summed E-state index contributed by atoms with van der Waals surface area (Å²) in [7, 11) is 0. The number of halogens is 2. The van der Waals surface area contributed by atoms with Crippen molar-refractivity contribution in [2.75, 3.05) is 13.2 Å². The molecule has 3 rings (SSSR count). The zero-order valence-electron chi connectivity index (χ0n) is 12.9. The molecule has 0 saturated heterocycles. The van der Waals surface area contributed by atoms with E-state index in [0.717, 1.165) is 8.95 Å². The molecule has 3 aromatic rings. The number of benzene rings is 2. The minimum absolute atomic E-state index is 0.000391. The molecule has 2 aromatic carbocycles. The van der Waals surface area contributed by atoms with Crippen molar-refractivity contribution in [1.29, 1.82) is 0 Å². The van der Waals surface area contributed by atoms with Crippen LogP contribution in [0, 0.1) is 0 Å². The molecular weight excluding hydrogens is 456 g/mol. The summed E-state index contributed by atoms with van der Waals surface area (Å²) >= 11 is 6.70. The predicted molar refractivity (Wildman–Crippen MR) is 102 cm³/mol. The number of fused-ring (bicyclic) bond motifs is 1. The molecule has 0 spiro atoms. The highest BCUT2D eigenvalue weighted by atomic mass is 79.9. The first-order valence-corrected chi connectivity index (χ1v) is 9.02. The van der Waals surface area contributed by atoms with Gasteiger partial charge in [-0.3, -0.25) is 4.79 Å². The number of hydrogen-bond acceptors (Lipinski definition) is 5. The summed E-state index contributed by atoms with van der Waals surface area (Å²) in [5.41, 5.74) is 0.755. The van der Waals surface area contributed by atoms with Gasteiger partial charge in [-0.15, -0.1) is 0 Å². The third-order valence-electron chi connectivity index (χ3n) is 3.55. The van der Waals surface area contributed by atoms with E-state index >= 15 is 0 Å². The van der Waals surface area contributed by atoms with Crippen molar-refractivity contribution in [1.82, 2.24) is 0 Å². The van der Waals surface area contributed by atoms with E-state index in [-0.39, 0.29) is 23.5 Å². The molecule has 0 amide bonds. The third kappa shape index (κ3) is 3.95. The summed E-state index contributed by atoms with van der Waals surface area (Å²) in [6.07, 6.45) is -1.09. The van der Waals surface area contributed by atoms with Gasteiger partial charge in [-0.1, -0.05) is 31.9 Å². The topological polar surface area (TPSA) is 79.9 Å². The average molecular weight is 470 g/mol. The predicted octanol–water partition coefficient (Wildman–Crippen LogP) is 3.72. The van der Waals surface area contributed by atoms with Crippen molar-refractivity contribution in [3.8, 4) is 17.1 Å². The monoisotopic (exact) mass is 468 g/mol. The quantitative estimate of drug-likeness (QED) is 0.595. The fourth-order valence-corrected chi connectivity index (χ4v) is 2.93. The molecule has 25 heavy (non-hydrogen) atoms. The molecule has 1 atom stereocenters. The summed E-state index contributed by atoms with van der Waals surface area (Å²) in [6.45, 7) is -0.678. The number of ether oxygens (including phenoxy) is 1. The minimum atomic E-state index is -1.09. The Morgan fingerprint density at radius 2 is 1.76 bits per heavy atom. The normalized spacial score (nSPS) is 12.3. The van der Waals surface area contributed by atoms with E-state index in [1.807, 2.05) is 12.1 Å². The van der Waals surface area contributed by atoms with Gasteiger partial charge in [-0.2, -0.15) is 0 Å². The van der Waals surface area contributed by atoms with Gasteiger partial charge in [0.05, 0.1) is 12.0 Å². The van der Waals surface area contributed by atoms with Crippen molar-refractivity contribution in [2.45, 2.75) is 6.10 Å². The SMILES string of the molecule is O=c1c(OCC(O)CO)c(-c2ccc(Br)cc2)oc2ccc(Br)cc12. The Morgan fingerprint density at radius 1 is 1.08 bits per heavy atom. The van der Waals surface area contributed by atoms with Gasteiger partial charge >= 0.3 is 0 Å². The van der Waals surface area contributed by atoms with Gasteiger partial charge in [0.1, 0.15) is 18.3 Å². The van der Waals surface area contributed by atoms with E-state index in [0.29, 0.717) is 16.5 Å². The molecular formula is C18H14Br2O5. The van der Waals surface area contributed by atoms with Crippen LogP contribution >= 0.6 is 31.9 Å². The van der Waals surface area contributed by atoms with Crippen LogP contribution in [0.2, 0.25) is 0 Å². The number of aliphatic hydroxyl groups is 2. The van der Waals surface area contributed by atoms with E-state index < -0.39 is 12.7 Å². The second kappa shape index (κ2) is 7.70. The lowest BCUT2D eigenvalue weighted by Crippen LogP contribution is -2.23. The zero-order valence-corrected chi connectivity index (χ0v) is 16.1. The van der Waals surface area contributed by atoms with Crippen LogP contribution in [0.1, 0.15) is 0 Å². The molecule has 130 valence electrons. The zero-order chi connectivity index (χ0) is 18.0. The van der Waals surface area contributed by atoms with E-state index in [9.17, 15) is 9.90 Å². The lowest BCUT2D eigenvalue weighted by Gasteiger charge is -2.13. The van der Waals surface area contributed by atoms with Gasteiger partial charge in [0.2, 0.25) is 11.2 Å². The molecule has 0 fully saturated rings. The van der Waals surface area contributed by atoms with Crippen molar-refractivity contribution in [2.24, 2.45) is 0 Å². The van der Waals surface area contributed by atoms with Gasteiger partial charge in [0, 0.05) is 14.5 Å². The third-order valence-corrected chi connectivity index (χ3v) is 4.57.